The van der Waals surface area contributed by atoms with Gasteiger partial charge in [-0.2, -0.15) is 0 Å². The molecule has 112 valence electrons. The second-order valence-electron chi connectivity index (χ2n) is 5.61. The molecule has 21 heavy (non-hydrogen) atoms. The zero-order chi connectivity index (χ0) is 14.7. The summed E-state index contributed by atoms with van der Waals surface area (Å²) in [6.45, 7) is 6.50. The van der Waals surface area contributed by atoms with E-state index in [2.05, 4.69) is 53.7 Å². The molecule has 2 heterocycles. The Hall–Kier alpha value is -1.39. The molecule has 0 radical (unpaired) electrons. The first-order valence-electron chi connectivity index (χ1n) is 7.84. The lowest BCUT2D eigenvalue weighted by molar-refractivity contribution is 0.561. The van der Waals surface area contributed by atoms with Crippen LogP contribution >= 0.6 is 11.3 Å². The van der Waals surface area contributed by atoms with E-state index in [1.807, 2.05) is 0 Å². The van der Waals surface area contributed by atoms with Crippen LogP contribution in [-0.4, -0.2) is 18.1 Å². The highest BCUT2D eigenvalue weighted by molar-refractivity contribution is 7.13. The van der Waals surface area contributed by atoms with Gasteiger partial charge in [0.15, 0.2) is 5.13 Å². The molecule has 1 aromatic carbocycles. The highest BCUT2D eigenvalue weighted by Crippen LogP contribution is 2.35. The molecule has 0 amide bonds. The molecule has 0 saturated heterocycles. The van der Waals surface area contributed by atoms with Gasteiger partial charge in [0, 0.05) is 23.7 Å². The van der Waals surface area contributed by atoms with Crippen LogP contribution in [0.3, 0.4) is 0 Å². The molecule has 0 fully saturated rings. The van der Waals surface area contributed by atoms with Crippen molar-refractivity contribution in [2.75, 3.05) is 18.0 Å². The molecule has 2 aromatic rings. The number of anilines is 2. The number of para-hydroxylation sites is 1. The van der Waals surface area contributed by atoms with E-state index in [0.717, 1.165) is 30.3 Å². The van der Waals surface area contributed by atoms with Gasteiger partial charge in [0.1, 0.15) is 0 Å². The lowest BCUT2D eigenvalue weighted by atomic mass is 10.0. The smallest absolute Gasteiger partial charge is 0.190 e. The van der Waals surface area contributed by atoms with Gasteiger partial charge in [0.2, 0.25) is 0 Å². The van der Waals surface area contributed by atoms with Crippen molar-refractivity contribution >= 4 is 22.2 Å². The Kier molecular flexibility index (Phi) is 4.56. The van der Waals surface area contributed by atoms with E-state index in [9.17, 15) is 0 Å². The van der Waals surface area contributed by atoms with E-state index < -0.39 is 0 Å². The van der Waals surface area contributed by atoms with Gasteiger partial charge in [-0.25, -0.2) is 4.98 Å². The number of aryl methyl sites for hydroxylation is 1. The lowest BCUT2D eigenvalue weighted by Crippen LogP contribution is -2.24. The van der Waals surface area contributed by atoms with Crippen LogP contribution in [0.1, 0.15) is 44.0 Å². The van der Waals surface area contributed by atoms with Crippen LogP contribution in [0, 0.1) is 0 Å². The predicted molar refractivity (Wildman–Crippen MR) is 90.6 cm³/mol. The number of hydrogen-bond donors (Lipinski definition) is 1. The van der Waals surface area contributed by atoms with E-state index in [-0.39, 0.29) is 0 Å². The summed E-state index contributed by atoms with van der Waals surface area (Å²) >= 11 is 1.76. The Bertz CT molecular complexity index is 593. The van der Waals surface area contributed by atoms with Gasteiger partial charge in [-0.05, 0) is 44.4 Å². The fraction of sp³-hybridized carbons (Fsp3) is 0.471. The summed E-state index contributed by atoms with van der Waals surface area (Å²) in [5.41, 5.74) is 3.93. The van der Waals surface area contributed by atoms with Crippen LogP contribution in [0.15, 0.2) is 29.6 Å². The first-order chi connectivity index (χ1) is 10.3. The van der Waals surface area contributed by atoms with Crippen LogP contribution in [0.5, 0.6) is 0 Å². The maximum Gasteiger partial charge on any atom is 0.190 e. The van der Waals surface area contributed by atoms with Crippen molar-refractivity contribution in [2.24, 2.45) is 0 Å². The molecule has 1 N–H and O–H groups in total. The summed E-state index contributed by atoms with van der Waals surface area (Å²) in [5, 5.41) is 6.83. The molecular weight excluding hydrogens is 278 g/mol. The van der Waals surface area contributed by atoms with Crippen LogP contribution in [0.2, 0.25) is 0 Å². The van der Waals surface area contributed by atoms with Gasteiger partial charge < -0.3 is 10.2 Å². The average Bonchev–Trinajstić information content (AvgIpc) is 3.02. The molecule has 3 rings (SSSR count). The molecule has 1 unspecified atom stereocenters. The third-order valence-corrected chi connectivity index (χ3v) is 4.88. The Labute approximate surface area is 131 Å². The summed E-state index contributed by atoms with van der Waals surface area (Å²) in [6, 6.07) is 9.04. The Morgan fingerprint density at radius 3 is 3.10 bits per heavy atom. The maximum absolute atomic E-state index is 4.87. The zero-order valence-electron chi connectivity index (χ0n) is 12.8. The Morgan fingerprint density at radius 1 is 1.38 bits per heavy atom. The third-order valence-electron chi connectivity index (χ3n) is 4.00. The molecule has 1 aliphatic rings. The summed E-state index contributed by atoms with van der Waals surface area (Å²) in [7, 11) is 0. The number of aromatic nitrogens is 1. The molecule has 1 atom stereocenters. The first-order valence-corrected chi connectivity index (χ1v) is 8.72. The molecule has 1 aliphatic heterocycles. The number of rotatable bonds is 5. The van der Waals surface area contributed by atoms with Gasteiger partial charge in [-0.15, -0.1) is 11.3 Å². The fourth-order valence-corrected chi connectivity index (χ4v) is 3.75. The number of hydrogen-bond acceptors (Lipinski definition) is 4. The van der Waals surface area contributed by atoms with E-state index in [0.29, 0.717) is 6.04 Å². The summed E-state index contributed by atoms with van der Waals surface area (Å²) < 4.78 is 0. The van der Waals surface area contributed by atoms with Crippen molar-refractivity contribution in [2.45, 2.75) is 39.2 Å². The van der Waals surface area contributed by atoms with Crippen molar-refractivity contribution in [1.82, 2.24) is 10.3 Å². The predicted octanol–water partition coefficient (Wildman–Crippen LogP) is 4.29. The number of nitrogens with one attached hydrogen (secondary N) is 1. The van der Waals surface area contributed by atoms with Crippen molar-refractivity contribution in [1.29, 1.82) is 0 Å². The second-order valence-corrected chi connectivity index (χ2v) is 6.45. The van der Waals surface area contributed by atoms with Gasteiger partial charge >= 0.3 is 0 Å². The molecular formula is C17H23N3S. The minimum atomic E-state index is 0.329. The van der Waals surface area contributed by atoms with Gasteiger partial charge in [0.25, 0.3) is 0 Å². The molecule has 3 nitrogen and oxygen atoms in total. The van der Waals surface area contributed by atoms with E-state index in [4.69, 9.17) is 4.98 Å². The molecule has 0 spiro atoms. The van der Waals surface area contributed by atoms with Crippen molar-refractivity contribution in [3.8, 4) is 0 Å². The van der Waals surface area contributed by atoms with E-state index in [1.165, 1.54) is 24.1 Å². The minimum Gasteiger partial charge on any atom is -0.318 e. The van der Waals surface area contributed by atoms with E-state index in [1.54, 1.807) is 11.3 Å². The Morgan fingerprint density at radius 2 is 2.24 bits per heavy atom. The van der Waals surface area contributed by atoms with Crippen LogP contribution in [-0.2, 0) is 6.42 Å². The molecule has 4 heteroatoms. The van der Waals surface area contributed by atoms with Crippen LogP contribution in [0.25, 0.3) is 0 Å². The lowest BCUT2D eigenvalue weighted by Gasteiger charge is -2.29. The quantitative estimate of drug-likeness (QED) is 0.893. The molecule has 0 bridgehead atoms. The van der Waals surface area contributed by atoms with Crippen molar-refractivity contribution < 1.29 is 0 Å². The highest BCUT2D eigenvalue weighted by atomic mass is 32.1. The molecule has 1 aromatic heterocycles. The van der Waals surface area contributed by atoms with Gasteiger partial charge in [0.05, 0.1) is 5.69 Å². The third kappa shape index (κ3) is 3.11. The Balaban J connectivity index is 1.81. The van der Waals surface area contributed by atoms with Gasteiger partial charge in [-0.3, -0.25) is 0 Å². The summed E-state index contributed by atoms with van der Waals surface area (Å²) in [6.07, 6.45) is 3.54. The summed E-state index contributed by atoms with van der Waals surface area (Å²) in [4.78, 5) is 7.24. The van der Waals surface area contributed by atoms with Crippen LogP contribution in [0.4, 0.5) is 10.8 Å². The summed E-state index contributed by atoms with van der Waals surface area (Å²) in [5.74, 6) is 0. The number of fused-ring (bicyclic) bond motifs is 1. The zero-order valence-corrected chi connectivity index (χ0v) is 13.6. The number of nitrogens with zero attached hydrogens (tertiary/aromatic N) is 2. The largest absolute Gasteiger partial charge is 0.318 e. The topological polar surface area (TPSA) is 28.2 Å². The van der Waals surface area contributed by atoms with E-state index >= 15 is 0 Å². The first kappa shape index (κ1) is 14.5. The highest BCUT2D eigenvalue weighted by Gasteiger charge is 2.21. The van der Waals surface area contributed by atoms with Crippen LogP contribution < -0.4 is 10.2 Å². The standard InChI is InChI=1S/C17H23N3S/c1-3-10-18-13(2)15-12-21-17(19-15)20-11-6-8-14-7-4-5-9-16(14)20/h4-5,7,9,12-13,18H,3,6,8,10-11H2,1-2H3. The molecule has 0 saturated carbocycles. The monoisotopic (exact) mass is 301 g/mol. The number of benzene rings is 1. The fourth-order valence-electron chi connectivity index (χ4n) is 2.80. The van der Waals surface area contributed by atoms with Crippen molar-refractivity contribution in [3.63, 3.8) is 0 Å². The second kappa shape index (κ2) is 6.58. The minimum absolute atomic E-state index is 0.329. The average molecular weight is 301 g/mol. The normalized spacial score (nSPS) is 15.8. The van der Waals surface area contributed by atoms with Gasteiger partial charge in [-0.1, -0.05) is 25.1 Å². The van der Waals surface area contributed by atoms with Crippen molar-refractivity contribution in [3.05, 3.63) is 40.9 Å². The SMILES string of the molecule is CCCNC(C)c1csc(N2CCCc3ccccc32)n1. The number of thiazole rings is 1. The molecule has 0 aliphatic carbocycles. The maximum atomic E-state index is 4.87.